The van der Waals surface area contributed by atoms with Crippen LogP contribution in [-0.2, 0) is 16.1 Å². The van der Waals surface area contributed by atoms with Crippen LogP contribution in [0.1, 0.15) is 5.56 Å². The molecule has 1 aromatic rings. The van der Waals surface area contributed by atoms with Crippen molar-refractivity contribution in [1.82, 2.24) is 5.48 Å². The van der Waals surface area contributed by atoms with Crippen molar-refractivity contribution in [3.8, 4) is 0 Å². The predicted octanol–water partition coefficient (Wildman–Crippen LogP) is 0.947. The zero-order chi connectivity index (χ0) is 8.65. The molecule has 0 aliphatic carbocycles. The van der Waals surface area contributed by atoms with E-state index in [-0.39, 0.29) is 0 Å². The van der Waals surface area contributed by atoms with Gasteiger partial charge >= 0.3 is 0 Å². The van der Waals surface area contributed by atoms with Gasteiger partial charge in [-0.15, -0.1) is 0 Å². The zero-order valence-corrected chi connectivity index (χ0v) is 7.08. The summed E-state index contributed by atoms with van der Waals surface area (Å²) in [5, 5.41) is 0. The first-order valence-corrected chi connectivity index (χ1v) is 3.78. The molecule has 1 rings (SSSR count). The molecule has 0 saturated heterocycles. The molecule has 0 amide bonds. The van der Waals surface area contributed by atoms with Gasteiger partial charge in [0.25, 0.3) is 0 Å². The van der Waals surface area contributed by atoms with E-state index in [4.69, 9.17) is 14.0 Å². The lowest BCUT2D eigenvalue weighted by molar-refractivity contribution is 0.00340. The topological polar surface area (TPSA) is 43.6 Å². The van der Waals surface area contributed by atoms with E-state index in [1.54, 1.807) is 19.6 Å². The molecule has 0 atom stereocenters. The fourth-order valence-corrected chi connectivity index (χ4v) is 0.725. The van der Waals surface area contributed by atoms with Crippen LogP contribution in [0.25, 0.3) is 0 Å². The molecular formula is C8H13NO3. The Bertz CT molecular complexity index is 186. The summed E-state index contributed by atoms with van der Waals surface area (Å²) in [7, 11) is 1.64. The number of furan rings is 1. The molecule has 4 nitrogen and oxygen atoms in total. The first kappa shape index (κ1) is 9.25. The highest BCUT2D eigenvalue weighted by atomic mass is 16.7. The van der Waals surface area contributed by atoms with Crippen LogP contribution in [0.2, 0.25) is 0 Å². The highest BCUT2D eigenvalue weighted by Crippen LogP contribution is 1.97. The molecule has 0 saturated carbocycles. The molecule has 68 valence electrons. The standard InChI is InChI=1S/C8H13NO3/c1-10-4-5-12-9-6-8-2-3-11-7-8/h2-3,7,9H,4-6H2,1H3. The molecule has 0 spiro atoms. The molecule has 0 aliphatic rings. The van der Waals surface area contributed by atoms with Crippen molar-refractivity contribution in [2.24, 2.45) is 0 Å². The molecule has 0 bridgehead atoms. The molecule has 0 aromatic carbocycles. The fourth-order valence-electron chi connectivity index (χ4n) is 0.725. The first-order chi connectivity index (χ1) is 5.93. The van der Waals surface area contributed by atoms with E-state index >= 15 is 0 Å². The number of hydroxylamine groups is 1. The maximum Gasteiger partial charge on any atom is 0.0948 e. The lowest BCUT2D eigenvalue weighted by Gasteiger charge is -2.02. The van der Waals surface area contributed by atoms with Crippen molar-refractivity contribution >= 4 is 0 Å². The van der Waals surface area contributed by atoms with Crippen molar-refractivity contribution < 1.29 is 14.0 Å². The van der Waals surface area contributed by atoms with Crippen molar-refractivity contribution in [2.45, 2.75) is 6.54 Å². The van der Waals surface area contributed by atoms with Gasteiger partial charge in [-0.25, -0.2) is 0 Å². The summed E-state index contributed by atoms with van der Waals surface area (Å²) < 4.78 is 9.67. The first-order valence-electron chi connectivity index (χ1n) is 3.78. The second-order valence-electron chi connectivity index (χ2n) is 2.29. The van der Waals surface area contributed by atoms with Gasteiger partial charge < -0.3 is 9.15 Å². The highest BCUT2D eigenvalue weighted by Gasteiger charge is 1.92. The molecule has 1 heterocycles. The second-order valence-corrected chi connectivity index (χ2v) is 2.29. The third-order valence-electron chi connectivity index (χ3n) is 1.35. The zero-order valence-electron chi connectivity index (χ0n) is 7.08. The van der Waals surface area contributed by atoms with Crippen LogP contribution in [0, 0.1) is 0 Å². The van der Waals surface area contributed by atoms with Gasteiger partial charge in [0.1, 0.15) is 0 Å². The van der Waals surface area contributed by atoms with Crippen LogP contribution in [0.3, 0.4) is 0 Å². The van der Waals surface area contributed by atoms with Gasteiger partial charge in [0.05, 0.1) is 25.7 Å². The monoisotopic (exact) mass is 171 g/mol. The average Bonchev–Trinajstić information content (AvgIpc) is 2.57. The summed E-state index contributed by atoms with van der Waals surface area (Å²) in [5.74, 6) is 0. The maximum absolute atomic E-state index is 5.03. The van der Waals surface area contributed by atoms with Crippen LogP contribution in [0.5, 0.6) is 0 Å². The number of methoxy groups -OCH3 is 1. The van der Waals surface area contributed by atoms with E-state index < -0.39 is 0 Å². The number of rotatable bonds is 6. The maximum atomic E-state index is 5.03. The summed E-state index contributed by atoms with van der Waals surface area (Å²) in [6.45, 7) is 1.80. The van der Waals surface area contributed by atoms with Gasteiger partial charge in [-0.2, -0.15) is 5.48 Å². The molecular weight excluding hydrogens is 158 g/mol. The van der Waals surface area contributed by atoms with Gasteiger partial charge in [0.2, 0.25) is 0 Å². The van der Waals surface area contributed by atoms with E-state index in [0.717, 1.165) is 5.56 Å². The lowest BCUT2D eigenvalue weighted by Crippen LogP contribution is -2.16. The quantitative estimate of drug-likeness (QED) is 0.511. The Morgan fingerprint density at radius 1 is 1.50 bits per heavy atom. The average molecular weight is 171 g/mol. The van der Waals surface area contributed by atoms with E-state index in [2.05, 4.69) is 5.48 Å². The van der Waals surface area contributed by atoms with Gasteiger partial charge in [-0.05, 0) is 6.07 Å². The fraction of sp³-hybridized carbons (Fsp3) is 0.500. The van der Waals surface area contributed by atoms with Crippen molar-refractivity contribution in [2.75, 3.05) is 20.3 Å². The van der Waals surface area contributed by atoms with Crippen molar-refractivity contribution in [3.63, 3.8) is 0 Å². The normalized spacial score (nSPS) is 10.4. The third kappa shape index (κ3) is 3.52. The van der Waals surface area contributed by atoms with Gasteiger partial charge in [0.15, 0.2) is 0 Å². The Labute approximate surface area is 71.4 Å². The van der Waals surface area contributed by atoms with Crippen LogP contribution < -0.4 is 5.48 Å². The second kappa shape index (κ2) is 5.77. The summed E-state index contributed by atoms with van der Waals surface area (Å²) in [6, 6.07) is 1.88. The third-order valence-corrected chi connectivity index (χ3v) is 1.35. The molecule has 4 heteroatoms. The van der Waals surface area contributed by atoms with Gasteiger partial charge in [0, 0.05) is 19.2 Å². The minimum Gasteiger partial charge on any atom is -0.472 e. The molecule has 1 aromatic heterocycles. The van der Waals surface area contributed by atoms with Crippen LogP contribution in [-0.4, -0.2) is 20.3 Å². The summed E-state index contributed by atoms with van der Waals surface area (Å²) >= 11 is 0. The highest BCUT2D eigenvalue weighted by molar-refractivity contribution is 5.03. The Morgan fingerprint density at radius 3 is 3.08 bits per heavy atom. The van der Waals surface area contributed by atoms with E-state index in [0.29, 0.717) is 19.8 Å². The lowest BCUT2D eigenvalue weighted by atomic mass is 10.3. The summed E-state index contributed by atoms with van der Waals surface area (Å²) in [5.41, 5.74) is 3.85. The van der Waals surface area contributed by atoms with Crippen LogP contribution in [0.15, 0.2) is 23.0 Å². The number of hydrogen-bond donors (Lipinski definition) is 1. The molecule has 0 aliphatic heterocycles. The SMILES string of the molecule is COCCONCc1ccoc1. The van der Waals surface area contributed by atoms with Crippen LogP contribution >= 0.6 is 0 Å². The Morgan fingerprint density at radius 2 is 2.42 bits per heavy atom. The van der Waals surface area contributed by atoms with E-state index in [1.165, 1.54) is 0 Å². The van der Waals surface area contributed by atoms with Crippen LogP contribution in [0.4, 0.5) is 0 Å². The number of hydrogen-bond acceptors (Lipinski definition) is 4. The Kier molecular flexibility index (Phi) is 4.44. The number of nitrogens with one attached hydrogen (secondary N) is 1. The van der Waals surface area contributed by atoms with Gasteiger partial charge in [-0.3, -0.25) is 4.84 Å². The minimum absolute atomic E-state index is 0.550. The summed E-state index contributed by atoms with van der Waals surface area (Å²) in [4.78, 5) is 5.03. The molecule has 1 N–H and O–H groups in total. The Hall–Kier alpha value is -0.840. The van der Waals surface area contributed by atoms with E-state index in [1.807, 2.05) is 6.07 Å². The largest absolute Gasteiger partial charge is 0.472 e. The Balaban J connectivity index is 1.96. The molecule has 12 heavy (non-hydrogen) atoms. The van der Waals surface area contributed by atoms with Gasteiger partial charge in [-0.1, -0.05) is 0 Å². The predicted molar refractivity (Wildman–Crippen MR) is 43.4 cm³/mol. The summed E-state index contributed by atoms with van der Waals surface area (Å²) in [6.07, 6.45) is 3.30. The van der Waals surface area contributed by atoms with Crippen molar-refractivity contribution in [3.05, 3.63) is 24.2 Å². The van der Waals surface area contributed by atoms with Crippen molar-refractivity contribution in [1.29, 1.82) is 0 Å². The molecule has 0 fully saturated rings. The smallest absolute Gasteiger partial charge is 0.0948 e. The minimum atomic E-state index is 0.550. The molecule has 0 radical (unpaired) electrons. The number of ether oxygens (including phenoxy) is 1. The van der Waals surface area contributed by atoms with E-state index in [9.17, 15) is 0 Å². The molecule has 0 unspecified atom stereocenters.